The fraction of sp³-hybridized carbons (Fsp3) is 0.240. The summed E-state index contributed by atoms with van der Waals surface area (Å²) in [4.78, 5) is 7.44. The molecule has 0 bridgehead atoms. The van der Waals surface area contributed by atoms with Gasteiger partial charge in [0, 0.05) is 18.0 Å². The number of aliphatic hydroxyl groups is 1. The summed E-state index contributed by atoms with van der Waals surface area (Å²) in [6, 6.07) is 17.4. The molecule has 33 heavy (non-hydrogen) atoms. The fourth-order valence-corrected chi connectivity index (χ4v) is 4.23. The van der Waals surface area contributed by atoms with Crippen LogP contribution in [-0.4, -0.2) is 33.4 Å². The van der Waals surface area contributed by atoms with Crippen LogP contribution in [0.2, 0.25) is 0 Å². The molecule has 0 unspecified atom stereocenters. The van der Waals surface area contributed by atoms with Gasteiger partial charge in [0.1, 0.15) is 5.75 Å². The van der Waals surface area contributed by atoms with Crippen molar-refractivity contribution in [3.63, 3.8) is 0 Å². The van der Waals surface area contributed by atoms with Gasteiger partial charge in [-0.25, -0.2) is 4.99 Å². The first kappa shape index (κ1) is 24.7. The maximum Gasteiger partial charge on any atom is 0.416 e. The highest BCUT2D eigenvalue weighted by atomic mass is 32.2. The van der Waals surface area contributed by atoms with Gasteiger partial charge in [-0.15, -0.1) is 0 Å². The lowest BCUT2D eigenvalue weighted by molar-refractivity contribution is -0.137. The van der Waals surface area contributed by atoms with Crippen LogP contribution in [0.4, 0.5) is 18.9 Å². The van der Waals surface area contributed by atoms with Crippen molar-refractivity contribution < 1.29 is 23.4 Å². The number of aryl methyl sites for hydroxylation is 2. The smallest absolute Gasteiger partial charge is 0.416 e. The van der Waals surface area contributed by atoms with E-state index in [1.54, 1.807) is 18.2 Å². The van der Waals surface area contributed by atoms with Crippen LogP contribution in [0, 0.1) is 13.8 Å². The van der Waals surface area contributed by atoms with Gasteiger partial charge in [-0.3, -0.25) is 0 Å². The van der Waals surface area contributed by atoms with Crippen LogP contribution >= 0.6 is 11.8 Å². The number of amidine groups is 1. The molecular weight excluding hydrogens is 449 g/mol. The Balaban J connectivity index is 2.00. The predicted octanol–water partition coefficient (Wildman–Crippen LogP) is 6.30. The number of thioether (sulfide) groups is 1. The number of rotatable bonds is 6. The van der Waals surface area contributed by atoms with Crippen molar-refractivity contribution in [3.05, 3.63) is 89.0 Å². The van der Waals surface area contributed by atoms with Crippen molar-refractivity contribution >= 4 is 22.6 Å². The number of phenols is 1. The maximum atomic E-state index is 13.0. The molecule has 0 aromatic heterocycles. The zero-order valence-corrected chi connectivity index (χ0v) is 19.1. The molecule has 174 valence electrons. The normalized spacial score (nSPS) is 12.1. The first-order valence-electron chi connectivity index (χ1n) is 10.3. The average Bonchev–Trinajstić information content (AvgIpc) is 2.74. The summed E-state index contributed by atoms with van der Waals surface area (Å²) >= 11 is 1.38. The maximum absolute atomic E-state index is 13.0. The van der Waals surface area contributed by atoms with Crippen LogP contribution in [0.3, 0.4) is 0 Å². The molecule has 0 atom stereocenters. The molecule has 0 amide bonds. The predicted molar refractivity (Wildman–Crippen MR) is 126 cm³/mol. The Kier molecular flexibility index (Phi) is 8.05. The van der Waals surface area contributed by atoms with Crippen molar-refractivity contribution in [3.8, 4) is 5.75 Å². The Hall–Kier alpha value is -2.97. The molecule has 0 fully saturated rings. The van der Waals surface area contributed by atoms with E-state index in [0.29, 0.717) is 17.4 Å². The second-order valence-corrected chi connectivity index (χ2v) is 8.63. The van der Waals surface area contributed by atoms with E-state index in [1.165, 1.54) is 23.9 Å². The van der Waals surface area contributed by atoms with Gasteiger partial charge in [0.25, 0.3) is 0 Å². The summed E-state index contributed by atoms with van der Waals surface area (Å²) in [5.74, 6) is 0.125. The summed E-state index contributed by atoms with van der Waals surface area (Å²) < 4.78 is 38.9. The molecule has 4 nitrogen and oxygen atoms in total. The quantitative estimate of drug-likeness (QED) is 0.250. The highest BCUT2D eigenvalue weighted by Gasteiger charge is 2.30. The van der Waals surface area contributed by atoms with Gasteiger partial charge in [-0.2, -0.15) is 13.2 Å². The summed E-state index contributed by atoms with van der Waals surface area (Å²) in [6.45, 7) is 4.45. The van der Waals surface area contributed by atoms with Gasteiger partial charge in [-0.1, -0.05) is 41.6 Å². The molecule has 8 heteroatoms. The number of aliphatic hydroxyl groups excluding tert-OH is 1. The molecule has 0 spiro atoms. The minimum Gasteiger partial charge on any atom is -0.508 e. The molecule has 3 aromatic carbocycles. The number of alkyl halides is 3. The minimum absolute atomic E-state index is 0.125. The molecule has 3 rings (SSSR count). The lowest BCUT2D eigenvalue weighted by Gasteiger charge is -2.26. The third kappa shape index (κ3) is 7.00. The average molecular weight is 475 g/mol. The SMILES string of the molecule is Cc1ccc(SC(=Nc2ccc(C(F)(F)F)cc2)N(CCO)Cc2cccc(O)c2)c(C)c1. The van der Waals surface area contributed by atoms with Crippen LogP contribution in [0.5, 0.6) is 5.75 Å². The number of phenolic OH excluding ortho intramolecular Hbond substituents is 1. The fourth-order valence-electron chi connectivity index (χ4n) is 3.24. The molecular formula is C25H25F3N2O2S. The topological polar surface area (TPSA) is 56.1 Å². The molecule has 3 aromatic rings. The van der Waals surface area contributed by atoms with Crippen LogP contribution < -0.4 is 0 Å². The van der Waals surface area contributed by atoms with Crippen LogP contribution in [0.15, 0.2) is 76.6 Å². The van der Waals surface area contributed by atoms with Gasteiger partial charge in [0.15, 0.2) is 5.17 Å². The Morgan fingerprint density at radius 3 is 2.33 bits per heavy atom. The number of halogens is 3. The third-order valence-electron chi connectivity index (χ3n) is 4.88. The highest BCUT2D eigenvalue weighted by molar-refractivity contribution is 8.13. The molecule has 0 aliphatic rings. The van der Waals surface area contributed by atoms with E-state index in [-0.39, 0.29) is 18.9 Å². The third-order valence-corrected chi connectivity index (χ3v) is 6.09. The second-order valence-electron chi connectivity index (χ2n) is 7.63. The summed E-state index contributed by atoms with van der Waals surface area (Å²) in [7, 11) is 0. The van der Waals surface area contributed by atoms with E-state index in [4.69, 9.17) is 0 Å². The Labute approximate surface area is 195 Å². The van der Waals surface area contributed by atoms with E-state index < -0.39 is 11.7 Å². The molecule has 0 radical (unpaired) electrons. The molecule has 0 saturated carbocycles. The van der Waals surface area contributed by atoms with Crippen molar-refractivity contribution in [1.29, 1.82) is 0 Å². The zero-order valence-electron chi connectivity index (χ0n) is 18.3. The number of nitrogens with zero attached hydrogens (tertiary/aromatic N) is 2. The number of hydrogen-bond donors (Lipinski definition) is 2. The van der Waals surface area contributed by atoms with Gasteiger partial charge in [0.05, 0.1) is 17.9 Å². The monoisotopic (exact) mass is 474 g/mol. The number of benzene rings is 3. The molecule has 0 aliphatic carbocycles. The van der Waals surface area contributed by atoms with Crippen LogP contribution in [-0.2, 0) is 12.7 Å². The first-order valence-corrected chi connectivity index (χ1v) is 11.1. The van der Waals surface area contributed by atoms with E-state index >= 15 is 0 Å². The summed E-state index contributed by atoms with van der Waals surface area (Å²) in [5, 5.41) is 20.0. The number of hydrogen-bond acceptors (Lipinski definition) is 4. The molecule has 0 saturated heterocycles. The minimum atomic E-state index is -4.42. The molecule has 0 aliphatic heterocycles. The van der Waals surface area contributed by atoms with Gasteiger partial charge >= 0.3 is 6.18 Å². The first-order chi connectivity index (χ1) is 15.7. The second kappa shape index (κ2) is 10.8. The van der Waals surface area contributed by atoms with Gasteiger partial charge in [0.2, 0.25) is 0 Å². The van der Waals surface area contributed by atoms with Gasteiger partial charge < -0.3 is 15.1 Å². The van der Waals surface area contributed by atoms with Crippen LogP contribution in [0.25, 0.3) is 0 Å². The standard InChI is InChI=1S/C25H25F3N2O2S/c1-17-6-11-23(18(2)14-17)33-24(29-21-9-7-20(8-10-21)25(26,27)28)30(12-13-31)16-19-4-3-5-22(32)15-19/h3-11,14-15,31-32H,12-13,16H2,1-2H3. The van der Waals surface area contributed by atoms with Crippen molar-refractivity contribution in [2.24, 2.45) is 4.99 Å². The van der Waals surface area contributed by atoms with E-state index in [2.05, 4.69) is 4.99 Å². The molecule has 0 heterocycles. The van der Waals surface area contributed by atoms with E-state index in [0.717, 1.165) is 33.7 Å². The Morgan fingerprint density at radius 1 is 1.00 bits per heavy atom. The number of aromatic hydroxyl groups is 1. The molecule has 2 N–H and O–H groups in total. The van der Waals surface area contributed by atoms with Crippen molar-refractivity contribution in [1.82, 2.24) is 4.90 Å². The van der Waals surface area contributed by atoms with E-state index in [1.807, 2.05) is 43.0 Å². The van der Waals surface area contributed by atoms with Crippen molar-refractivity contribution in [2.45, 2.75) is 31.5 Å². The highest BCUT2D eigenvalue weighted by Crippen LogP contribution is 2.32. The summed E-state index contributed by atoms with van der Waals surface area (Å²) in [5.41, 5.74) is 2.60. The van der Waals surface area contributed by atoms with Gasteiger partial charge in [-0.05, 0) is 67.4 Å². The van der Waals surface area contributed by atoms with E-state index in [9.17, 15) is 23.4 Å². The lowest BCUT2D eigenvalue weighted by atomic mass is 10.2. The zero-order chi connectivity index (χ0) is 24.0. The Morgan fingerprint density at radius 2 is 1.73 bits per heavy atom. The van der Waals surface area contributed by atoms with Crippen LogP contribution in [0.1, 0.15) is 22.3 Å². The summed E-state index contributed by atoms with van der Waals surface area (Å²) in [6.07, 6.45) is -4.42. The Bertz CT molecular complexity index is 1120. The van der Waals surface area contributed by atoms with Crippen molar-refractivity contribution in [2.75, 3.05) is 13.2 Å². The lowest BCUT2D eigenvalue weighted by Crippen LogP contribution is -2.31. The number of aliphatic imine (C=N–C) groups is 1. The largest absolute Gasteiger partial charge is 0.508 e.